The van der Waals surface area contributed by atoms with Crippen molar-refractivity contribution in [3.05, 3.63) is 35.6 Å². The van der Waals surface area contributed by atoms with Gasteiger partial charge in [0.2, 0.25) is 0 Å². The van der Waals surface area contributed by atoms with Crippen molar-refractivity contribution in [3.8, 4) is 0 Å². The van der Waals surface area contributed by atoms with E-state index >= 15 is 0 Å². The second-order valence-corrected chi connectivity index (χ2v) is 5.07. The molecule has 1 aromatic carbocycles. The largest absolute Gasteiger partial charge is 0.354 e. The van der Waals surface area contributed by atoms with Gasteiger partial charge < -0.3 is 14.8 Å². The third-order valence-corrected chi connectivity index (χ3v) is 3.21. The Morgan fingerprint density at radius 3 is 1.95 bits per heavy atom. The van der Waals surface area contributed by atoms with Gasteiger partial charge in [0.15, 0.2) is 6.29 Å². The maximum absolute atomic E-state index is 13.0. The molecule has 1 rings (SSSR count). The summed E-state index contributed by atoms with van der Waals surface area (Å²) in [6, 6.07) is 6.77. The predicted octanol–water partition coefficient (Wildman–Crippen LogP) is 3.12. The number of ether oxygens (including phenoxy) is 2. The molecule has 0 aliphatic rings. The predicted molar refractivity (Wildman–Crippen MR) is 74.4 cm³/mol. The highest BCUT2D eigenvalue weighted by molar-refractivity contribution is 5.20. The third-order valence-electron chi connectivity index (χ3n) is 3.21. The summed E-state index contributed by atoms with van der Waals surface area (Å²) >= 11 is 0. The number of hydrogen-bond donors (Lipinski definition) is 1. The number of halogens is 1. The van der Waals surface area contributed by atoms with Crippen LogP contribution in [0.25, 0.3) is 0 Å². The molecular formula is C15H24FNO2. The van der Waals surface area contributed by atoms with Gasteiger partial charge in [-0.1, -0.05) is 26.0 Å². The van der Waals surface area contributed by atoms with Crippen LogP contribution in [0.2, 0.25) is 0 Å². The molecule has 0 bridgehead atoms. The number of methoxy groups -OCH3 is 2. The van der Waals surface area contributed by atoms with Gasteiger partial charge in [-0.2, -0.15) is 0 Å². The minimum Gasteiger partial charge on any atom is -0.354 e. The molecule has 0 amide bonds. The summed E-state index contributed by atoms with van der Waals surface area (Å²) in [6.07, 6.45) is -0.304. The molecule has 3 nitrogen and oxygen atoms in total. The van der Waals surface area contributed by atoms with E-state index in [2.05, 4.69) is 19.2 Å². The molecule has 0 fully saturated rings. The first-order chi connectivity index (χ1) is 8.99. The van der Waals surface area contributed by atoms with E-state index in [1.54, 1.807) is 14.2 Å². The maximum atomic E-state index is 13.0. The monoisotopic (exact) mass is 269 g/mol. The zero-order chi connectivity index (χ0) is 14.4. The van der Waals surface area contributed by atoms with E-state index in [-0.39, 0.29) is 24.2 Å². The van der Waals surface area contributed by atoms with Crippen molar-refractivity contribution in [2.24, 2.45) is 5.92 Å². The van der Waals surface area contributed by atoms with Gasteiger partial charge in [0, 0.05) is 20.3 Å². The van der Waals surface area contributed by atoms with E-state index in [4.69, 9.17) is 9.47 Å². The van der Waals surface area contributed by atoms with Crippen LogP contribution in [-0.2, 0) is 9.47 Å². The smallest absolute Gasteiger partial charge is 0.171 e. The first-order valence-corrected chi connectivity index (χ1v) is 6.56. The van der Waals surface area contributed by atoms with Crippen LogP contribution in [0.15, 0.2) is 24.3 Å². The fourth-order valence-corrected chi connectivity index (χ4v) is 2.21. The summed E-state index contributed by atoms with van der Waals surface area (Å²) in [7, 11) is 3.24. The van der Waals surface area contributed by atoms with Gasteiger partial charge in [-0.25, -0.2) is 4.39 Å². The van der Waals surface area contributed by atoms with Crippen LogP contribution < -0.4 is 5.32 Å². The quantitative estimate of drug-likeness (QED) is 0.771. The lowest BCUT2D eigenvalue weighted by molar-refractivity contribution is -0.121. The summed E-state index contributed by atoms with van der Waals surface area (Å²) in [5.41, 5.74) is 1.06. The molecule has 0 aliphatic heterocycles. The Kier molecular flexibility index (Phi) is 6.42. The molecule has 0 saturated carbocycles. The zero-order valence-electron chi connectivity index (χ0n) is 12.3. The summed E-state index contributed by atoms with van der Waals surface area (Å²) < 4.78 is 23.5. The molecular weight excluding hydrogens is 245 g/mol. The van der Waals surface area contributed by atoms with Crippen LogP contribution in [0.4, 0.5) is 4.39 Å². The van der Waals surface area contributed by atoms with Crippen molar-refractivity contribution in [3.63, 3.8) is 0 Å². The number of benzene rings is 1. The molecule has 1 N–H and O–H groups in total. The highest BCUT2D eigenvalue weighted by atomic mass is 19.1. The Bertz CT molecular complexity index is 363. The van der Waals surface area contributed by atoms with Crippen LogP contribution in [0.3, 0.4) is 0 Å². The van der Waals surface area contributed by atoms with Crippen molar-refractivity contribution in [2.75, 3.05) is 14.2 Å². The first-order valence-electron chi connectivity index (χ1n) is 6.56. The molecule has 19 heavy (non-hydrogen) atoms. The first kappa shape index (κ1) is 16.1. The highest BCUT2D eigenvalue weighted by Crippen LogP contribution is 2.23. The Balaban J connectivity index is 2.81. The Morgan fingerprint density at radius 2 is 1.53 bits per heavy atom. The van der Waals surface area contributed by atoms with Gasteiger partial charge in [-0.3, -0.25) is 0 Å². The van der Waals surface area contributed by atoms with Gasteiger partial charge in [-0.15, -0.1) is 0 Å². The van der Waals surface area contributed by atoms with Gasteiger partial charge >= 0.3 is 0 Å². The van der Waals surface area contributed by atoms with Crippen molar-refractivity contribution in [2.45, 2.75) is 39.1 Å². The van der Waals surface area contributed by atoms with Crippen LogP contribution in [0, 0.1) is 11.7 Å². The second-order valence-electron chi connectivity index (χ2n) is 5.07. The molecule has 2 atom stereocenters. The second kappa shape index (κ2) is 7.58. The van der Waals surface area contributed by atoms with E-state index < -0.39 is 0 Å². The van der Waals surface area contributed by atoms with E-state index in [9.17, 15) is 4.39 Å². The lowest BCUT2D eigenvalue weighted by Crippen LogP contribution is -2.43. The SMILES string of the molecule is COC(OC)C(C)NC(c1ccc(F)cc1)C(C)C. The fraction of sp³-hybridized carbons (Fsp3) is 0.600. The minimum atomic E-state index is -0.304. The normalized spacial score (nSPS) is 14.9. The van der Waals surface area contributed by atoms with Crippen LogP contribution in [-0.4, -0.2) is 26.6 Å². The van der Waals surface area contributed by atoms with Crippen LogP contribution in [0.5, 0.6) is 0 Å². The summed E-state index contributed by atoms with van der Waals surface area (Å²) in [5.74, 6) is 0.160. The van der Waals surface area contributed by atoms with Gasteiger partial charge in [0.1, 0.15) is 5.82 Å². The molecule has 108 valence electrons. The molecule has 0 saturated heterocycles. The molecule has 2 unspecified atom stereocenters. The lowest BCUT2D eigenvalue weighted by Gasteiger charge is -2.30. The fourth-order valence-electron chi connectivity index (χ4n) is 2.21. The molecule has 0 aliphatic carbocycles. The Labute approximate surface area is 115 Å². The molecule has 0 radical (unpaired) electrons. The summed E-state index contributed by atoms with van der Waals surface area (Å²) in [4.78, 5) is 0. The molecule has 0 heterocycles. The molecule has 4 heteroatoms. The highest BCUT2D eigenvalue weighted by Gasteiger charge is 2.23. The number of nitrogens with one attached hydrogen (secondary N) is 1. The van der Waals surface area contributed by atoms with Gasteiger partial charge in [0.05, 0.1) is 6.04 Å². The Hall–Kier alpha value is -0.970. The molecule has 0 spiro atoms. The number of hydrogen-bond acceptors (Lipinski definition) is 3. The average molecular weight is 269 g/mol. The molecule has 0 aromatic heterocycles. The topological polar surface area (TPSA) is 30.5 Å². The summed E-state index contributed by atoms with van der Waals surface area (Å²) in [6.45, 7) is 6.27. The van der Waals surface area contributed by atoms with E-state index in [1.165, 1.54) is 12.1 Å². The van der Waals surface area contributed by atoms with Crippen molar-refractivity contribution in [1.82, 2.24) is 5.32 Å². The van der Waals surface area contributed by atoms with Gasteiger partial charge in [0.25, 0.3) is 0 Å². The lowest BCUT2D eigenvalue weighted by atomic mass is 9.95. The van der Waals surface area contributed by atoms with Crippen molar-refractivity contribution < 1.29 is 13.9 Å². The third kappa shape index (κ3) is 4.56. The van der Waals surface area contributed by atoms with Crippen LogP contribution in [0.1, 0.15) is 32.4 Å². The standard InChI is InChI=1S/C15H24FNO2/c1-10(2)14(12-6-8-13(16)9-7-12)17-11(3)15(18-4)19-5/h6-11,14-15,17H,1-5H3. The summed E-state index contributed by atoms with van der Waals surface area (Å²) in [5, 5.41) is 3.48. The van der Waals surface area contributed by atoms with E-state index in [0.29, 0.717) is 5.92 Å². The minimum absolute atomic E-state index is 0.0347. The molecule has 1 aromatic rings. The number of rotatable bonds is 7. The van der Waals surface area contributed by atoms with Crippen molar-refractivity contribution >= 4 is 0 Å². The average Bonchev–Trinajstić information content (AvgIpc) is 2.38. The zero-order valence-corrected chi connectivity index (χ0v) is 12.3. The van der Waals surface area contributed by atoms with Gasteiger partial charge in [-0.05, 0) is 30.5 Å². The Morgan fingerprint density at radius 1 is 1.00 bits per heavy atom. The van der Waals surface area contributed by atoms with E-state index in [1.807, 2.05) is 19.1 Å². The van der Waals surface area contributed by atoms with Crippen molar-refractivity contribution in [1.29, 1.82) is 0 Å². The van der Waals surface area contributed by atoms with Crippen LogP contribution >= 0.6 is 0 Å². The maximum Gasteiger partial charge on any atom is 0.171 e. The van der Waals surface area contributed by atoms with E-state index in [0.717, 1.165) is 5.56 Å².